The van der Waals surface area contributed by atoms with Gasteiger partial charge in [0.1, 0.15) is 5.75 Å². The van der Waals surface area contributed by atoms with Crippen molar-refractivity contribution in [3.05, 3.63) is 18.2 Å². The molecule has 1 saturated carbocycles. The van der Waals surface area contributed by atoms with Crippen molar-refractivity contribution in [2.24, 2.45) is 5.73 Å². The molecule has 3 rings (SSSR count). The highest BCUT2D eigenvalue weighted by Crippen LogP contribution is 2.33. The number of benzene rings is 1. The second-order valence-electron chi connectivity index (χ2n) is 6.13. The third kappa shape index (κ3) is 2.78. The van der Waals surface area contributed by atoms with Crippen LogP contribution in [0.5, 0.6) is 5.75 Å². The van der Waals surface area contributed by atoms with Gasteiger partial charge in [-0.1, -0.05) is 19.3 Å². The zero-order valence-electron chi connectivity index (χ0n) is 12.6. The SMILES string of the molecule is CC1Oc2ccc(NC(=O)C3(N)CCCCC3)cc2NC1=O. The molecular weight excluding hydrogens is 282 g/mol. The second kappa shape index (κ2) is 5.61. The van der Waals surface area contributed by atoms with Gasteiger partial charge in [-0.2, -0.15) is 0 Å². The maximum Gasteiger partial charge on any atom is 0.265 e. The number of carbonyl (C=O) groups is 2. The third-order valence-corrected chi connectivity index (χ3v) is 4.37. The molecule has 0 bridgehead atoms. The quantitative estimate of drug-likeness (QED) is 0.779. The van der Waals surface area contributed by atoms with Gasteiger partial charge in [-0.25, -0.2) is 0 Å². The van der Waals surface area contributed by atoms with Crippen molar-refractivity contribution in [2.45, 2.75) is 50.7 Å². The van der Waals surface area contributed by atoms with Crippen LogP contribution >= 0.6 is 0 Å². The lowest BCUT2D eigenvalue weighted by atomic mass is 9.82. The molecule has 0 radical (unpaired) electrons. The summed E-state index contributed by atoms with van der Waals surface area (Å²) in [7, 11) is 0. The highest BCUT2D eigenvalue weighted by molar-refractivity contribution is 6.01. The van der Waals surface area contributed by atoms with Gasteiger partial charge in [0, 0.05) is 5.69 Å². The third-order valence-electron chi connectivity index (χ3n) is 4.37. The van der Waals surface area contributed by atoms with E-state index in [1.165, 1.54) is 0 Å². The summed E-state index contributed by atoms with van der Waals surface area (Å²) >= 11 is 0. The Morgan fingerprint density at radius 1 is 1.36 bits per heavy atom. The van der Waals surface area contributed by atoms with Crippen LogP contribution in [0, 0.1) is 0 Å². The number of fused-ring (bicyclic) bond motifs is 1. The molecule has 6 heteroatoms. The first-order valence-electron chi connectivity index (χ1n) is 7.70. The van der Waals surface area contributed by atoms with E-state index in [0.29, 0.717) is 30.0 Å². The average molecular weight is 303 g/mol. The number of carbonyl (C=O) groups excluding carboxylic acids is 2. The average Bonchev–Trinajstić information content (AvgIpc) is 2.49. The standard InChI is InChI=1S/C16H21N3O3/c1-10-14(20)19-12-9-11(5-6-13(12)22-10)18-15(21)16(17)7-3-2-4-8-16/h5-6,9-10H,2-4,7-8,17H2,1H3,(H,18,21)(H,19,20). The highest BCUT2D eigenvalue weighted by Gasteiger charge is 2.35. The molecule has 0 saturated heterocycles. The number of nitrogens with one attached hydrogen (secondary N) is 2. The molecule has 1 aliphatic heterocycles. The minimum absolute atomic E-state index is 0.163. The van der Waals surface area contributed by atoms with E-state index >= 15 is 0 Å². The van der Waals surface area contributed by atoms with Crippen LogP contribution in [0.2, 0.25) is 0 Å². The Bertz CT molecular complexity index is 609. The van der Waals surface area contributed by atoms with E-state index in [4.69, 9.17) is 10.5 Å². The van der Waals surface area contributed by atoms with Gasteiger partial charge in [0.25, 0.3) is 5.91 Å². The number of anilines is 2. The summed E-state index contributed by atoms with van der Waals surface area (Å²) < 4.78 is 5.49. The molecule has 118 valence electrons. The Hall–Kier alpha value is -2.08. The molecule has 22 heavy (non-hydrogen) atoms. The van der Waals surface area contributed by atoms with Crippen molar-refractivity contribution in [3.8, 4) is 5.75 Å². The maximum atomic E-state index is 12.4. The molecule has 1 unspecified atom stereocenters. The zero-order valence-corrected chi connectivity index (χ0v) is 12.6. The van der Waals surface area contributed by atoms with Crippen LogP contribution in [-0.4, -0.2) is 23.5 Å². The molecular formula is C16H21N3O3. The first-order chi connectivity index (χ1) is 10.5. The topological polar surface area (TPSA) is 93.4 Å². The van der Waals surface area contributed by atoms with Gasteiger partial charge in [-0.3, -0.25) is 9.59 Å². The molecule has 1 aromatic carbocycles. The molecule has 1 atom stereocenters. The van der Waals surface area contributed by atoms with Crippen LogP contribution in [0.15, 0.2) is 18.2 Å². The highest BCUT2D eigenvalue weighted by atomic mass is 16.5. The Labute approximate surface area is 129 Å². The molecule has 4 N–H and O–H groups in total. The predicted molar refractivity (Wildman–Crippen MR) is 83.8 cm³/mol. The van der Waals surface area contributed by atoms with Crippen LogP contribution in [-0.2, 0) is 9.59 Å². The largest absolute Gasteiger partial charge is 0.479 e. The summed E-state index contributed by atoms with van der Waals surface area (Å²) in [5.74, 6) is 0.243. The zero-order chi connectivity index (χ0) is 15.7. The molecule has 0 aromatic heterocycles. The van der Waals surface area contributed by atoms with Gasteiger partial charge >= 0.3 is 0 Å². The predicted octanol–water partition coefficient (Wildman–Crippen LogP) is 2.01. The molecule has 2 aliphatic rings. The molecule has 1 heterocycles. The van der Waals surface area contributed by atoms with Gasteiger partial charge in [-0.15, -0.1) is 0 Å². The first-order valence-corrected chi connectivity index (χ1v) is 7.70. The van der Waals surface area contributed by atoms with E-state index in [9.17, 15) is 9.59 Å². The Balaban J connectivity index is 1.75. The summed E-state index contributed by atoms with van der Waals surface area (Å²) in [6, 6.07) is 5.20. The lowest BCUT2D eigenvalue weighted by Gasteiger charge is -2.32. The Morgan fingerprint density at radius 3 is 2.82 bits per heavy atom. The maximum absolute atomic E-state index is 12.4. The molecule has 1 aromatic rings. The molecule has 6 nitrogen and oxygen atoms in total. The fourth-order valence-electron chi connectivity index (χ4n) is 2.95. The smallest absolute Gasteiger partial charge is 0.265 e. The van der Waals surface area contributed by atoms with Crippen LogP contribution in [0.1, 0.15) is 39.0 Å². The van der Waals surface area contributed by atoms with Crippen molar-refractivity contribution in [3.63, 3.8) is 0 Å². The van der Waals surface area contributed by atoms with Crippen LogP contribution in [0.25, 0.3) is 0 Å². The fourth-order valence-corrected chi connectivity index (χ4v) is 2.95. The number of nitrogens with two attached hydrogens (primary N) is 1. The first kappa shape index (κ1) is 14.8. The molecule has 1 aliphatic carbocycles. The van der Waals surface area contributed by atoms with E-state index < -0.39 is 11.6 Å². The summed E-state index contributed by atoms with van der Waals surface area (Å²) in [4.78, 5) is 24.1. The van der Waals surface area contributed by atoms with E-state index in [2.05, 4.69) is 10.6 Å². The number of rotatable bonds is 2. The molecule has 2 amide bonds. The molecule has 0 spiro atoms. The van der Waals surface area contributed by atoms with E-state index in [1.54, 1.807) is 25.1 Å². The van der Waals surface area contributed by atoms with Gasteiger partial charge in [-0.05, 0) is 38.0 Å². The van der Waals surface area contributed by atoms with Gasteiger partial charge < -0.3 is 21.1 Å². The number of hydrogen-bond donors (Lipinski definition) is 3. The number of amides is 2. The van der Waals surface area contributed by atoms with Crippen molar-refractivity contribution in [2.75, 3.05) is 10.6 Å². The van der Waals surface area contributed by atoms with Crippen molar-refractivity contribution >= 4 is 23.2 Å². The van der Waals surface area contributed by atoms with E-state index in [0.717, 1.165) is 19.3 Å². The minimum atomic E-state index is -0.789. The van der Waals surface area contributed by atoms with E-state index in [-0.39, 0.29) is 11.8 Å². The summed E-state index contributed by atoms with van der Waals surface area (Å²) in [6.45, 7) is 1.69. The monoisotopic (exact) mass is 303 g/mol. The Kier molecular flexibility index (Phi) is 3.78. The molecule has 1 fully saturated rings. The van der Waals surface area contributed by atoms with Crippen molar-refractivity contribution in [1.29, 1.82) is 0 Å². The number of ether oxygens (including phenoxy) is 1. The minimum Gasteiger partial charge on any atom is -0.479 e. The summed E-state index contributed by atoms with van der Waals surface area (Å²) in [5.41, 5.74) is 6.61. The van der Waals surface area contributed by atoms with Crippen molar-refractivity contribution < 1.29 is 14.3 Å². The second-order valence-corrected chi connectivity index (χ2v) is 6.13. The van der Waals surface area contributed by atoms with Crippen LogP contribution in [0.4, 0.5) is 11.4 Å². The van der Waals surface area contributed by atoms with Gasteiger partial charge in [0.2, 0.25) is 5.91 Å². The van der Waals surface area contributed by atoms with Gasteiger partial charge in [0.15, 0.2) is 6.10 Å². The fraction of sp³-hybridized carbons (Fsp3) is 0.500. The van der Waals surface area contributed by atoms with E-state index in [1.807, 2.05) is 0 Å². The van der Waals surface area contributed by atoms with Crippen molar-refractivity contribution in [1.82, 2.24) is 0 Å². The lowest BCUT2D eigenvalue weighted by Crippen LogP contribution is -2.52. The summed E-state index contributed by atoms with van der Waals surface area (Å²) in [5, 5.41) is 5.62. The Morgan fingerprint density at radius 2 is 2.09 bits per heavy atom. The van der Waals surface area contributed by atoms with Crippen LogP contribution < -0.4 is 21.1 Å². The summed E-state index contributed by atoms with van der Waals surface area (Å²) in [6.07, 6.45) is 4.00. The lowest BCUT2D eigenvalue weighted by molar-refractivity contribution is -0.123. The normalized spacial score (nSPS) is 23.0. The van der Waals surface area contributed by atoms with Crippen LogP contribution in [0.3, 0.4) is 0 Å². The van der Waals surface area contributed by atoms with Gasteiger partial charge in [0.05, 0.1) is 11.2 Å². The number of hydrogen-bond acceptors (Lipinski definition) is 4.